The van der Waals surface area contributed by atoms with Gasteiger partial charge in [-0.05, 0) is 48.9 Å². The fourth-order valence-electron chi connectivity index (χ4n) is 3.07. The number of aromatic nitrogens is 2. The first-order valence-corrected chi connectivity index (χ1v) is 11.5. The minimum Gasteiger partial charge on any atom is -0.378 e. The Balaban J connectivity index is 1.25. The molecule has 7 nitrogen and oxygen atoms in total. The number of amides is 1. The maximum atomic E-state index is 12.3. The van der Waals surface area contributed by atoms with E-state index in [4.69, 9.17) is 4.74 Å². The van der Waals surface area contributed by atoms with E-state index in [1.165, 1.54) is 28.7 Å². The topological polar surface area (TPSA) is 79.4 Å². The van der Waals surface area contributed by atoms with E-state index < -0.39 is 0 Å². The lowest BCUT2D eigenvalue weighted by atomic mass is 10.2. The van der Waals surface area contributed by atoms with Crippen molar-refractivity contribution in [2.75, 3.05) is 47.6 Å². The summed E-state index contributed by atoms with van der Waals surface area (Å²) in [4.78, 5) is 14.6. The van der Waals surface area contributed by atoms with Gasteiger partial charge in [-0.1, -0.05) is 35.2 Å². The summed E-state index contributed by atoms with van der Waals surface area (Å²) in [6.45, 7) is 5.34. The Labute approximate surface area is 183 Å². The molecule has 1 fully saturated rings. The van der Waals surface area contributed by atoms with Crippen molar-refractivity contribution in [3.63, 3.8) is 0 Å². The van der Waals surface area contributed by atoms with E-state index in [2.05, 4.69) is 25.7 Å². The third-order valence-electron chi connectivity index (χ3n) is 4.53. The van der Waals surface area contributed by atoms with Crippen LogP contribution in [-0.4, -0.2) is 48.2 Å². The fourth-order valence-corrected chi connectivity index (χ4v) is 4.64. The first-order valence-electron chi connectivity index (χ1n) is 9.68. The van der Waals surface area contributed by atoms with E-state index in [-0.39, 0.29) is 11.7 Å². The molecule has 3 aromatic rings. The lowest BCUT2D eigenvalue weighted by Gasteiger charge is -2.28. The van der Waals surface area contributed by atoms with E-state index in [1.807, 2.05) is 55.5 Å². The SMILES string of the molecule is Cc1cccc(Nc2nnc(SCC(=O)Nc3ccc(N4CCOCC4)cc3)s2)c1. The molecule has 0 atom stereocenters. The number of hydrogen-bond acceptors (Lipinski definition) is 8. The molecule has 1 aromatic heterocycles. The van der Waals surface area contributed by atoms with Crippen LogP contribution in [0.15, 0.2) is 52.9 Å². The molecule has 0 spiro atoms. The first-order chi connectivity index (χ1) is 14.7. The molecule has 0 unspecified atom stereocenters. The van der Waals surface area contributed by atoms with Gasteiger partial charge < -0.3 is 20.3 Å². The van der Waals surface area contributed by atoms with Gasteiger partial charge >= 0.3 is 0 Å². The number of carbonyl (C=O) groups excluding carboxylic acids is 1. The van der Waals surface area contributed by atoms with Gasteiger partial charge in [0, 0.05) is 30.2 Å². The Morgan fingerprint density at radius 1 is 1.13 bits per heavy atom. The highest BCUT2D eigenvalue weighted by atomic mass is 32.2. The number of aryl methyl sites for hydroxylation is 1. The van der Waals surface area contributed by atoms with Crippen LogP contribution < -0.4 is 15.5 Å². The molecule has 1 saturated heterocycles. The van der Waals surface area contributed by atoms with Gasteiger partial charge in [0.05, 0.1) is 19.0 Å². The van der Waals surface area contributed by atoms with Crippen molar-refractivity contribution in [3.8, 4) is 0 Å². The summed E-state index contributed by atoms with van der Waals surface area (Å²) in [5, 5.41) is 15.2. The van der Waals surface area contributed by atoms with E-state index in [1.54, 1.807) is 0 Å². The van der Waals surface area contributed by atoms with Crippen molar-refractivity contribution in [1.82, 2.24) is 10.2 Å². The molecule has 9 heteroatoms. The normalized spacial score (nSPS) is 13.8. The second-order valence-corrected chi connectivity index (χ2v) is 9.05. The molecule has 4 rings (SSSR count). The van der Waals surface area contributed by atoms with Crippen molar-refractivity contribution in [2.24, 2.45) is 0 Å². The monoisotopic (exact) mass is 441 g/mol. The van der Waals surface area contributed by atoms with Crippen LogP contribution in [0.3, 0.4) is 0 Å². The molecular formula is C21H23N5O2S2. The van der Waals surface area contributed by atoms with E-state index in [9.17, 15) is 4.79 Å². The molecule has 2 aromatic carbocycles. The summed E-state index contributed by atoms with van der Waals surface area (Å²) in [6, 6.07) is 16.0. The zero-order valence-electron chi connectivity index (χ0n) is 16.6. The Hall–Kier alpha value is -2.62. The van der Waals surface area contributed by atoms with Crippen LogP contribution in [0, 0.1) is 6.92 Å². The summed E-state index contributed by atoms with van der Waals surface area (Å²) < 4.78 is 6.14. The van der Waals surface area contributed by atoms with E-state index in [0.29, 0.717) is 5.13 Å². The van der Waals surface area contributed by atoms with Gasteiger partial charge in [0.15, 0.2) is 4.34 Å². The number of nitrogens with zero attached hydrogens (tertiary/aromatic N) is 3. The highest BCUT2D eigenvalue weighted by Gasteiger charge is 2.12. The first kappa shape index (κ1) is 20.6. The van der Waals surface area contributed by atoms with Crippen LogP contribution in [0.5, 0.6) is 0 Å². The third kappa shape index (κ3) is 5.71. The van der Waals surface area contributed by atoms with Crippen molar-refractivity contribution in [1.29, 1.82) is 0 Å². The molecule has 1 amide bonds. The average Bonchev–Trinajstić information content (AvgIpc) is 3.21. The molecule has 1 aliphatic heterocycles. The van der Waals surface area contributed by atoms with Crippen molar-refractivity contribution in [2.45, 2.75) is 11.3 Å². The molecule has 2 heterocycles. The Morgan fingerprint density at radius 2 is 1.93 bits per heavy atom. The van der Waals surface area contributed by atoms with Gasteiger partial charge in [-0.2, -0.15) is 0 Å². The quantitative estimate of drug-likeness (QED) is 0.533. The predicted octanol–water partition coefficient (Wildman–Crippen LogP) is 4.16. The number of thioether (sulfide) groups is 1. The number of rotatable bonds is 7. The van der Waals surface area contributed by atoms with Gasteiger partial charge in [0.25, 0.3) is 0 Å². The smallest absolute Gasteiger partial charge is 0.234 e. The van der Waals surface area contributed by atoms with Crippen LogP contribution in [0.4, 0.5) is 22.2 Å². The summed E-state index contributed by atoms with van der Waals surface area (Å²) in [5.41, 5.74) is 4.08. The zero-order valence-corrected chi connectivity index (χ0v) is 18.3. The molecule has 156 valence electrons. The maximum Gasteiger partial charge on any atom is 0.234 e. The maximum absolute atomic E-state index is 12.3. The largest absolute Gasteiger partial charge is 0.378 e. The van der Waals surface area contributed by atoms with Crippen LogP contribution in [0.25, 0.3) is 0 Å². The second kappa shape index (κ2) is 9.92. The predicted molar refractivity (Wildman–Crippen MR) is 123 cm³/mol. The molecule has 0 bridgehead atoms. The molecule has 1 aliphatic rings. The average molecular weight is 442 g/mol. The summed E-state index contributed by atoms with van der Waals surface area (Å²) in [7, 11) is 0. The van der Waals surface area contributed by atoms with E-state index >= 15 is 0 Å². The van der Waals surface area contributed by atoms with Gasteiger partial charge in [-0.15, -0.1) is 10.2 Å². The summed E-state index contributed by atoms with van der Waals surface area (Å²) in [5.74, 6) is 0.215. The number of benzene rings is 2. The molecular weight excluding hydrogens is 418 g/mol. The lowest BCUT2D eigenvalue weighted by Crippen LogP contribution is -2.36. The van der Waals surface area contributed by atoms with Gasteiger partial charge in [0.1, 0.15) is 0 Å². The highest BCUT2D eigenvalue weighted by Crippen LogP contribution is 2.28. The van der Waals surface area contributed by atoms with Gasteiger partial charge in [-0.3, -0.25) is 4.79 Å². The highest BCUT2D eigenvalue weighted by molar-refractivity contribution is 8.01. The minimum atomic E-state index is -0.0671. The number of carbonyl (C=O) groups is 1. The zero-order chi connectivity index (χ0) is 20.8. The number of anilines is 4. The summed E-state index contributed by atoms with van der Waals surface area (Å²) >= 11 is 2.81. The number of morpholine rings is 1. The van der Waals surface area contributed by atoms with Gasteiger partial charge in [-0.25, -0.2) is 0 Å². The molecule has 0 radical (unpaired) electrons. The Bertz CT molecular complexity index is 987. The Morgan fingerprint density at radius 3 is 2.70 bits per heavy atom. The number of nitrogens with one attached hydrogen (secondary N) is 2. The van der Waals surface area contributed by atoms with Crippen molar-refractivity contribution < 1.29 is 9.53 Å². The fraction of sp³-hybridized carbons (Fsp3) is 0.286. The van der Waals surface area contributed by atoms with Crippen LogP contribution in [0.2, 0.25) is 0 Å². The van der Waals surface area contributed by atoms with Crippen LogP contribution in [0.1, 0.15) is 5.56 Å². The van der Waals surface area contributed by atoms with E-state index in [0.717, 1.165) is 47.7 Å². The minimum absolute atomic E-state index is 0.0671. The molecule has 30 heavy (non-hydrogen) atoms. The number of ether oxygens (including phenoxy) is 1. The standard InChI is InChI=1S/C21H23N5O2S2/c1-15-3-2-4-17(13-15)23-20-24-25-21(30-20)29-14-19(27)22-16-5-7-18(8-6-16)26-9-11-28-12-10-26/h2-8,13H,9-12,14H2,1H3,(H,22,27)(H,23,24). The third-order valence-corrected chi connectivity index (χ3v) is 6.50. The molecule has 0 aliphatic carbocycles. The summed E-state index contributed by atoms with van der Waals surface area (Å²) in [6.07, 6.45) is 0. The molecule has 0 saturated carbocycles. The van der Waals surface area contributed by atoms with Crippen LogP contribution in [-0.2, 0) is 9.53 Å². The van der Waals surface area contributed by atoms with Gasteiger partial charge in [0.2, 0.25) is 11.0 Å². The van der Waals surface area contributed by atoms with Crippen molar-refractivity contribution in [3.05, 3.63) is 54.1 Å². The Kier molecular flexibility index (Phi) is 6.83. The lowest BCUT2D eigenvalue weighted by molar-refractivity contribution is -0.113. The van der Waals surface area contributed by atoms with Crippen molar-refractivity contribution >= 4 is 51.2 Å². The second-order valence-electron chi connectivity index (χ2n) is 6.85. The van der Waals surface area contributed by atoms with Crippen LogP contribution >= 0.6 is 23.1 Å². The number of hydrogen-bond donors (Lipinski definition) is 2. The molecule has 2 N–H and O–H groups in total.